The van der Waals surface area contributed by atoms with Crippen LogP contribution in [0.5, 0.6) is 5.75 Å². The number of nitrogens with one attached hydrogen (secondary N) is 1. The second-order valence-corrected chi connectivity index (χ2v) is 5.87. The van der Waals surface area contributed by atoms with E-state index in [0.29, 0.717) is 5.88 Å². The summed E-state index contributed by atoms with van der Waals surface area (Å²) in [7, 11) is 1.68. The molecule has 0 heterocycles. The summed E-state index contributed by atoms with van der Waals surface area (Å²) in [5.74, 6) is 1.54. The molecule has 1 rings (SSSR count). The lowest BCUT2D eigenvalue weighted by Gasteiger charge is -2.25. The average Bonchev–Trinajstić information content (AvgIpc) is 2.28. The lowest BCUT2D eigenvalue weighted by molar-refractivity contribution is 0.374. The maximum Gasteiger partial charge on any atom is 0.119 e. The number of halogens is 2. The van der Waals surface area contributed by atoms with Crippen LogP contribution in [0.3, 0.4) is 0 Å². The van der Waals surface area contributed by atoms with Crippen LogP contribution in [0.25, 0.3) is 0 Å². The van der Waals surface area contributed by atoms with Gasteiger partial charge in [0, 0.05) is 22.4 Å². The van der Waals surface area contributed by atoms with Gasteiger partial charge in [-0.3, -0.25) is 0 Å². The number of hydrogen-bond donors (Lipinski definition) is 1. The SMILES string of the molecule is COc1ccc(Br)c(CNC(C)(C)CCCl)c1. The van der Waals surface area contributed by atoms with Gasteiger partial charge in [-0.05, 0) is 44.0 Å². The van der Waals surface area contributed by atoms with Gasteiger partial charge in [-0.2, -0.15) is 0 Å². The number of ether oxygens (including phenoxy) is 1. The molecule has 0 saturated heterocycles. The molecule has 1 aromatic rings. The Bertz CT molecular complexity index is 368. The summed E-state index contributed by atoms with van der Waals surface area (Å²) in [6, 6.07) is 5.98. The maximum atomic E-state index is 5.78. The molecule has 0 amide bonds. The summed E-state index contributed by atoms with van der Waals surface area (Å²) in [4.78, 5) is 0. The molecule has 17 heavy (non-hydrogen) atoms. The zero-order valence-corrected chi connectivity index (χ0v) is 12.9. The van der Waals surface area contributed by atoms with Crippen LogP contribution in [0.15, 0.2) is 22.7 Å². The summed E-state index contributed by atoms with van der Waals surface area (Å²) in [5.41, 5.74) is 1.23. The van der Waals surface area contributed by atoms with Crippen molar-refractivity contribution in [3.8, 4) is 5.75 Å². The van der Waals surface area contributed by atoms with Crippen molar-refractivity contribution in [3.63, 3.8) is 0 Å². The van der Waals surface area contributed by atoms with Crippen LogP contribution >= 0.6 is 27.5 Å². The molecule has 0 fully saturated rings. The minimum absolute atomic E-state index is 0.0459. The molecule has 0 aliphatic carbocycles. The maximum absolute atomic E-state index is 5.78. The third-order valence-corrected chi connectivity index (χ3v) is 3.69. The highest BCUT2D eigenvalue weighted by Gasteiger charge is 2.16. The van der Waals surface area contributed by atoms with Gasteiger partial charge in [-0.25, -0.2) is 0 Å². The van der Waals surface area contributed by atoms with Crippen molar-refractivity contribution >= 4 is 27.5 Å². The molecule has 0 spiro atoms. The lowest BCUT2D eigenvalue weighted by atomic mass is 10.0. The topological polar surface area (TPSA) is 21.3 Å². The van der Waals surface area contributed by atoms with Crippen molar-refractivity contribution in [2.75, 3.05) is 13.0 Å². The zero-order chi connectivity index (χ0) is 12.9. The van der Waals surface area contributed by atoms with E-state index < -0.39 is 0 Å². The van der Waals surface area contributed by atoms with E-state index in [-0.39, 0.29) is 5.54 Å². The second-order valence-electron chi connectivity index (χ2n) is 4.63. The van der Waals surface area contributed by atoms with E-state index in [1.807, 2.05) is 18.2 Å². The fourth-order valence-corrected chi connectivity index (χ4v) is 2.33. The standard InChI is InChI=1S/C13H19BrClNO/c1-13(2,6-7-15)16-9-10-8-11(17-3)4-5-12(10)14/h4-5,8,16H,6-7,9H2,1-3H3. The van der Waals surface area contributed by atoms with Gasteiger partial charge in [0.05, 0.1) is 7.11 Å². The Morgan fingerprint density at radius 2 is 2.12 bits per heavy atom. The van der Waals surface area contributed by atoms with Gasteiger partial charge in [0.1, 0.15) is 5.75 Å². The Kier molecular flexibility index (Phi) is 5.77. The van der Waals surface area contributed by atoms with Crippen molar-refractivity contribution in [1.29, 1.82) is 0 Å². The molecule has 0 saturated carbocycles. The van der Waals surface area contributed by atoms with Gasteiger partial charge in [0.25, 0.3) is 0 Å². The number of rotatable bonds is 6. The Balaban J connectivity index is 2.68. The highest BCUT2D eigenvalue weighted by atomic mass is 79.9. The molecule has 1 aromatic carbocycles. The van der Waals surface area contributed by atoms with Gasteiger partial charge in [-0.1, -0.05) is 15.9 Å². The quantitative estimate of drug-likeness (QED) is 0.801. The van der Waals surface area contributed by atoms with E-state index in [1.54, 1.807) is 7.11 Å². The summed E-state index contributed by atoms with van der Waals surface area (Å²) in [5, 5.41) is 3.50. The predicted molar refractivity (Wildman–Crippen MR) is 76.9 cm³/mol. The van der Waals surface area contributed by atoms with Crippen LogP contribution in [-0.4, -0.2) is 18.5 Å². The van der Waals surface area contributed by atoms with E-state index in [4.69, 9.17) is 16.3 Å². The summed E-state index contributed by atoms with van der Waals surface area (Å²) < 4.78 is 6.31. The van der Waals surface area contributed by atoms with Crippen molar-refractivity contribution < 1.29 is 4.74 Å². The highest BCUT2D eigenvalue weighted by molar-refractivity contribution is 9.10. The van der Waals surface area contributed by atoms with Crippen molar-refractivity contribution in [1.82, 2.24) is 5.32 Å². The molecule has 2 nitrogen and oxygen atoms in total. The molecule has 0 bridgehead atoms. The van der Waals surface area contributed by atoms with Gasteiger partial charge >= 0.3 is 0 Å². The third kappa shape index (κ3) is 4.86. The van der Waals surface area contributed by atoms with Gasteiger partial charge in [0.2, 0.25) is 0 Å². The Morgan fingerprint density at radius 3 is 2.71 bits per heavy atom. The second kappa shape index (κ2) is 6.62. The molecule has 0 aromatic heterocycles. The molecule has 0 aliphatic heterocycles. The summed E-state index contributed by atoms with van der Waals surface area (Å²) >= 11 is 9.32. The van der Waals surface area contributed by atoms with Crippen LogP contribution < -0.4 is 10.1 Å². The minimum Gasteiger partial charge on any atom is -0.497 e. The minimum atomic E-state index is 0.0459. The van der Waals surface area contributed by atoms with E-state index in [1.165, 1.54) is 5.56 Å². The number of alkyl halides is 1. The number of methoxy groups -OCH3 is 1. The largest absolute Gasteiger partial charge is 0.497 e. The molecule has 4 heteroatoms. The molecular weight excluding hydrogens is 302 g/mol. The van der Waals surface area contributed by atoms with E-state index in [9.17, 15) is 0 Å². The molecule has 0 aliphatic rings. The first-order chi connectivity index (χ1) is 7.98. The zero-order valence-electron chi connectivity index (χ0n) is 10.5. The smallest absolute Gasteiger partial charge is 0.119 e. The van der Waals surface area contributed by atoms with Crippen LogP contribution in [-0.2, 0) is 6.54 Å². The molecule has 96 valence electrons. The Hall–Kier alpha value is -0.250. The van der Waals surface area contributed by atoms with E-state index >= 15 is 0 Å². The van der Waals surface area contributed by atoms with Gasteiger partial charge < -0.3 is 10.1 Å². The number of hydrogen-bond acceptors (Lipinski definition) is 2. The van der Waals surface area contributed by atoms with Crippen LogP contribution in [0.2, 0.25) is 0 Å². The summed E-state index contributed by atoms with van der Waals surface area (Å²) in [6.45, 7) is 5.11. The van der Waals surface area contributed by atoms with E-state index in [0.717, 1.165) is 23.2 Å². The first kappa shape index (κ1) is 14.8. The molecule has 0 radical (unpaired) electrons. The summed E-state index contributed by atoms with van der Waals surface area (Å²) in [6.07, 6.45) is 0.941. The third-order valence-electron chi connectivity index (χ3n) is 2.73. The fourth-order valence-electron chi connectivity index (χ4n) is 1.47. The van der Waals surface area contributed by atoms with Crippen molar-refractivity contribution in [2.45, 2.75) is 32.4 Å². The molecule has 0 atom stereocenters. The Morgan fingerprint density at radius 1 is 1.41 bits per heavy atom. The average molecular weight is 321 g/mol. The van der Waals surface area contributed by atoms with Gasteiger partial charge in [0.15, 0.2) is 0 Å². The fraction of sp³-hybridized carbons (Fsp3) is 0.538. The van der Waals surface area contributed by atoms with Crippen LogP contribution in [0.4, 0.5) is 0 Å². The normalized spacial score (nSPS) is 11.6. The van der Waals surface area contributed by atoms with Crippen LogP contribution in [0, 0.1) is 0 Å². The lowest BCUT2D eigenvalue weighted by Crippen LogP contribution is -2.39. The van der Waals surface area contributed by atoms with Crippen LogP contribution in [0.1, 0.15) is 25.8 Å². The number of benzene rings is 1. The Labute approximate surface area is 117 Å². The molecular formula is C13H19BrClNO. The molecule has 0 unspecified atom stereocenters. The monoisotopic (exact) mass is 319 g/mol. The van der Waals surface area contributed by atoms with E-state index in [2.05, 4.69) is 35.1 Å². The van der Waals surface area contributed by atoms with Crippen molar-refractivity contribution in [2.24, 2.45) is 0 Å². The van der Waals surface area contributed by atoms with Crippen molar-refractivity contribution in [3.05, 3.63) is 28.2 Å². The first-order valence-electron chi connectivity index (χ1n) is 5.62. The predicted octanol–water partition coefficient (Wildman–Crippen LogP) is 3.95. The molecule has 1 N–H and O–H groups in total. The highest BCUT2D eigenvalue weighted by Crippen LogP contribution is 2.23. The first-order valence-corrected chi connectivity index (χ1v) is 6.94. The van der Waals surface area contributed by atoms with Gasteiger partial charge in [-0.15, -0.1) is 11.6 Å².